The minimum Gasteiger partial charge on any atom is -0.324 e. The molecule has 3 heterocycles. The zero-order valence-corrected chi connectivity index (χ0v) is 12.3. The number of hydrogen-bond donors (Lipinski definition) is 1. The van der Waals surface area contributed by atoms with Crippen LogP contribution in [-0.2, 0) is 12.8 Å². The quantitative estimate of drug-likeness (QED) is 0.749. The van der Waals surface area contributed by atoms with Crippen molar-refractivity contribution in [2.24, 2.45) is 0 Å². The molecule has 3 aromatic heterocycles. The van der Waals surface area contributed by atoms with E-state index in [1.165, 1.54) is 4.88 Å². The lowest BCUT2D eigenvalue weighted by molar-refractivity contribution is 0.894. The number of thiazole rings is 1. The minimum atomic E-state index is -0.325. The number of rotatable bonds is 1. The lowest BCUT2D eigenvalue weighted by Crippen LogP contribution is -2.16. The molecule has 106 valence electrons. The van der Waals surface area contributed by atoms with Gasteiger partial charge in [-0.3, -0.25) is 9.78 Å². The van der Waals surface area contributed by atoms with Gasteiger partial charge in [0.2, 0.25) is 0 Å². The SMILES string of the molecule is N#Cc1cc2c([nH]c1=O)CCc1sc(-c3ccncc3)nc1-2. The van der Waals surface area contributed by atoms with Crippen molar-refractivity contribution >= 4 is 11.3 Å². The number of H-pyrrole nitrogens is 1. The predicted molar refractivity (Wildman–Crippen MR) is 83.5 cm³/mol. The molecule has 1 N–H and O–H groups in total. The van der Waals surface area contributed by atoms with Crippen molar-refractivity contribution in [3.05, 3.63) is 57.1 Å². The highest BCUT2D eigenvalue weighted by atomic mass is 32.1. The maximum absolute atomic E-state index is 11.8. The molecule has 0 saturated heterocycles. The molecular weight excluding hydrogens is 296 g/mol. The van der Waals surface area contributed by atoms with Crippen LogP contribution in [0.2, 0.25) is 0 Å². The number of aryl methyl sites for hydroxylation is 2. The largest absolute Gasteiger partial charge is 0.324 e. The molecule has 0 unspecified atom stereocenters. The van der Waals surface area contributed by atoms with E-state index in [0.717, 1.165) is 40.4 Å². The van der Waals surface area contributed by atoms with Crippen LogP contribution < -0.4 is 5.56 Å². The van der Waals surface area contributed by atoms with Crippen LogP contribution in [0.25, 0.3) is 21.8 Å². The molecule has 0 amide bonds. The van der Waals surface area contributed by atoms with Gasteiger partial charge in [-0.05, 0) is 31.0 Å². The smallest absolute Gasteiger partial charge is 0.266 e. The van der Waals surface area contributed by atoms with Gasteiger partial charge >= 0.3 is 0 Å². The number of nitriles is 1. The summed E-state index contributed by atoms with van der Waals surface area (Å²) in [6, 6.07) is 7.45. The standard InChI is InChI=1S/C16H10N4OS/c17-8-10-7-11-12(19-15(10)21)1-2-13-14(11)20-16(22-13)9-3-5-18-6-4-9/h3-7H,1-2H2,(H,19,21). The van der Waals surface area contributed by atoms with Crippen molar-refractivity contribution in [3.8, 4) is 27.9 Å². The van der Waals surface area contributed by atoms with Gasteiger partial charge in [-0.2, -0.15) is 5.26 Å². The second-order valence-electron chi connectivity index (χ2n) is 5.04. The minimum absolute atomic E-state index is 0.130. The predicted octanol–water partition coefficient (Wildman–Crippen LogP) is 2.53. The second-order valence-corrected chi connectivity index (χ2v) is 6.13. The molecule has 6 heteroatoms. The average molecular weight is 306 g/mol. The van der Waals surface area contributed by atoms with Crippen LogP contribution >= 0.6 is 11.3 Å². The Kier molecular flexibility index (Phi) is 2.88. The Balaban J connectivity index is 1.90. The topological polar surface area (TPSA) is 82.4 Å². The van der Waals surface area contributed by atoms with Gasteiger partial charge in [-0.25, -0.2) is 4.98 Å². The Morgan fingerprint density at radius 2 is 2.09 bits per heavy atom. The summed E-state index contributed by atoms with van der Waals surface area (Å²) in [5, 5.41) is 9.99. The van der Waals surface area contributed by atoms with Gasteiger partial charge in [0.25, 0.3) is 5.56 Å². The zero-order valence-electron chi connectivity index (χ0n) is 11.5. The van der Waals surface area contributed by atoms with Gasteiger partial charge < -0.3 is 4.98 Å². The number of fused-ring (bicyclic) bond motifs is 3. The number of hydrogen-bond acceptors (Lipinski definition) is 5. The van der Waals surface area contributed by atoms with Crippen LogP contribution in [0.3, 0.4) is 0 Å². The highest BCUT2D eigenvalue weighted by Crippen LogP contribution is 2.38. The molecule has 0 aliphatic heterocycles. The maximum Gasteiger partial charge on any atom is 0.266 e. The van der Waals surface area contributed by atoms with Gasteiger partial charge in [0.05, 0.1) is 5.69 Å². The molecule has 1 aliphatic rings. The summed E-state index contributed by atoms with van der Waals surface area (Å²) in [5.74, 6) is 0. The van der Waals surface area contributed by atoms with Crippen LogP contribution in [0, 0.1) is 11.3 Å². The summed E-state index contributed by atoms with van der Waals surface area (Å²) in [4.78, 5) is 24.5. The summed E-state index contributed by atoms with van der Waals surface area (Å²) in [6.45, 7) is 0. The summed E-state index contributed by atoms with van der Waals surface area (Å²) in [6.07, 6.45) is 5.11. The van der Waals surface area contributed by atoms with E-state index in [4.69, 9.17) is 10.2 Å². The van der Waals surface area contributed by atoms with Crippen LogP contribution in [0.1, 0.15) is 16.1 Å². The van der Waals surface area contributed by atoms with Gasteiger partial charge in [0.1, 0.15) is 16.6 Å². The van der Waals surface area contributed by atoms with Crippen molar-refractivity contribution < 1.29 is 0 Å². The van der Waals surface area contributed by atoms with Crippen molar-refractivity contribution in [1.82, 2.24) is 15.0 Å². The molecule has 0 bridgehead atoms. The molecule has 0 radical (unpaired) electrons. The average Bonchev–Trinajstić information content (AvgIpc) is 2.99. The highest BCUT2D eigenvalue weighted by molar-refractivity contribution is 7.15. The molecule has 4 rings (SSSR count). The van der Waals surface area contributed by atoms with Crippen molar-refractivity contribution in [3.63, 3.8) is 0 Å². The lowest BCUT2D eigenvalue weighted by atomic mass is 9.97. The number of nitrogens with zero attached hydrogens (tertiary/aromatic N) is 3. The Hall–Kier alpha value is -2.78. The monoisotopic (exact) mass is 306 g/mol. The summed E-state index contributed by atoms with van der Waals surface area (Å²) >= 11 is 1.66. The van der Waals surface area contributed by atoms with Gasteiger partial charge in [0.15, 0.2) is 0 Å². The van der Waals surface area contributed by atoms with E-state index >= 15 is 0 Å². The Labute approximate surface area is 129 Å². The summed E-state index contributed by atoms with van der Waals surface area (Å²) < 4.78 is 0. The zero-order chi connectivity index (χ0) is 15.1. The van der Waals surface area contributed by atoms with Crippen molar-refractivity contribution in [2.75, 3.05) is 0 Å². The number of aromatic amines is 1. The van der Waals surface area contributed by atoms with Gasteiger partial charge in [0, 0.05) is 34.1 Å². The van der Waals surface area contributed by atoms with Gasteiger partial charge in [-0.15, -0.1) is 11.3 Å². The second kappa shape index (κ2) is 4.90. The third kappa shape index (κ3) is 1.95. The fourth-order valence-electron chi connectivity index (χ4n) is 2.65. The van der Waals surface area contributed by atoms with E-state index in [1.807, 2.05) is 18.2 Å². The van der Waals surface area contributed by atoms with Crippen LogP contribution in [0.15, 0.2) is 35.4 Å². The first-order valence-electron chi connectivity index (χ1n) is 6.83. The highest BCUT2D eigenvalue weighted by Gasteiger charge is 2.23. The molecular formula is C16H10N4OS. The molecule has 0 aromatic carbocycles. The van der Waals surface area contributed by atoms with E-state index in [9.17, 15) is 4.79 Å². The first-order chi connectivity index (χ1) is 10.8. The third-order valence-corrected chi connectivity index (χ3v) is 4.89. The normalized spacial score (nSPS) is 12.3. The molecule has 0 fully saturated rings. The fraction of sp³-hybridized carbons (Fsp3) is 0.125. The molecule has 3 aromatic rings. The van der Waals surface area contributed by atoms with E-state index in [0.29, 0.717) is 0 Å². The maximum atomic E-state index is 11.8. The van der Waals surface area contributed by atoms with E-state index < -0.39 is 0 Å². The molecule has 5 nitrogen and oxygen atoms in total. The first-order valence-corrected chi connectivity index (χ1v) is 7.64. The van der Waals surface area contributed by atoms with Gasteiger partial charge in [-0.1, -0.05) is 0 Å². The van der Waals surface area contributed by atoms with E-state index in [-0.39, 0.29) is 11.1 Å². The Bertz CT molecular complexity index is 966. The molecule has 22 heavy (non-hydrogen) atoms. The Morgan fingerprint density at radius 3 is 2.86 bits per heavy atom. The lowest BCUT2D eigenvalue weighted by Gasteiger charge is -2.14. The summed E-state index contributed by atoms with van der Waals surface area (Å²) in [7, 11) is 0. The van der Waals surface area contributed by atoms with E-state index in [2.05, 4.69) is 9.97 Å². The first kappa shape index (κ1) is 12.9. The third-order valence-electron chi connectivity index (χ3n) is 3.73. The number of pyridine rings is 2. The van der Waals surface area contributed by atoms with Crippen LogP contribution in [0.5, 0.6) is 0 Å². The summed E-state index contributed by atoms with van der Waals surface area (Å²) in [5.41, 5.74) is 3.45. The van der Waals surface area contributed by atoms with Crippen LogP contribution in [-0.4, -0.2) is 15.0 Å². The van der Waals surface area contributed by atoms with Crippen LogP contribution in [0.4, 0.5) is 0 Å². The number of nitrogens with one attached hydrogen (secondary N) is 1. The number of aromatic nitrogens is 3. The molecule has 0 atom stereocenters. The molecule has 1 aliphatic carbocycles. The molecule has 0 saturated carbocycles. The van der Waals surface area contributed by atoms with Crippen molar-refractivity contribution in [1.29, 1.82) is 5.26 Å². The van der Waals surface area contributed by atoms with E-state index in [1.54, 1.807) is 29.8 Å². The molecule has 0 spiro atoms. The Morgan fingerprint density at radius 1 is 1.27 bits per heavy atom. The fourth-order valence-corrected chi connectivity index (χ4v) is 3.73. The van der Waals surface area contributed by atoms with Crippen molar-refractivity contribution in [2.45, 2.75) is 12.8 Å².